The molecule has 3 rings (SSSR count). The largest absolute Gasteiger partial charge is 0.493 e. The van der Waals surface area contributed by atoms with E-state index in [1.165, 1.54) is 26.2 Å². The molecule has 5 heteroatoms. The summed E-state index contributed by atoms with van der Waals surface area (Å²) < 4.78 is 24.5. The molecular weight excluding hydrogens is 355 g/mol. The van der Waals surface area contributed by atoms with Crippen LogP contribution in [0.3, 0.4) is 0 Å². The summed E-state index contributed by atoms with van der Waals surface area (Å²) in [7, 11) is 3.00. The number of methoxy groups -OCH3 is 2. The van der Waals surface area contributed by atoms with Crippen molar-refractivity contribution >= 4 is 0 Å². The molecule has 152 valence electrons. The van der Waals surface area contributed by atoms with Gasteiger partial charge in [0.15, 0.2) is 17.3 Å². The number of benzene rings is 2. The van der Waals surface area contributed by atoms with Gasteiger partial charge in [-0.3, -0.25) is 0 Å². The van der Waals surface area contributed by atoms with Crippen LogP contribution in [0, 0.1) is 5.82 Å². The number of ether oxygens (including phenoxy) is 2. The monoisotopic (exact) mass is 386 g/mol. The minimum absolute atomic E-state index is 0.176. The maximum absolute atomic E-state index is 14.1. The second-order valence-corrected chi connectivity index (χ2v) is 7.34. The Bertz CT molecular complexity index is 731. The fourth-order valence-electron chi connectivity index (χ4n) is 3.79. The maximum Gasteiger partial charge on any atom is 0.196 e. The van der Waals surface area contributed by atoms with E-state index in [0.29, 0.717) is 5.75 Å². The van der Waals surface area contributed by atoms with Crippen LogP contribution in [-0.4, -0.2) is 63.3 Å². The second kappa shape index (κ2) is 10.4. The zero-order chi connectivity index (χ0) is 19.8. The quantitative estimate of drug-likeness (QED) is 0.657. The van der Waals surface area contributed by atoms with Gasteiger partial charge in [-0.15, -0.1) is 0 Å². The molecule has 0 bridgehead atoms. The smallest absolute Gasteiger partial charge is 0.196 e. The van der Waals surface area contributed by atoms with Gasteiger partial charge >= 0.3 is 0 Å². The highest BCUT2D eigenvalue weighted by Gasteiger charge is 2.17. The van der Waals surface area contributed by atoms with Gasteiger partial charge in [-0.1, -0.05) is 30.3 Å². The Kier molecular flexibility index (Phi) is 7.69. The molecule has 0 atom stereocenters. The Morgan fingerprint density at radius 3 is 2.14 bits per heavy atom. The van der Waals surface area contributed by atoms with Crippen molar-refractivity contribution in [2.45, 2.75) is 19.3 Å². The highest BCUT2D eigenvalue weighted by atomic mass is 19.1. The Hall–Kier alpha value is -2.11. The lowest BCUT2D eigenvalue weighted by Crippen LogP contribution is -2.47. The zero-order valence-corrected chi connectivity index (χ0v) is 17.0. The van der Waals surface area contributed by atoms with Gasteiger partial charge in [0.25, 0.3) is 0 Å². The number of halogens is 1. The molecule has 2 aromatic carbocycles. The lowest BCUT2D eigenvalue weighted by Gasteiger charge is -2.34. The minimum Gasteiger partial charge on any atom is -0.493 e. The first kappa shape index (κ1) is 20.6. The van der Waals surface area contributed by atoms with Crippen LogP contribution in [0.25, 0.3) is 0 Å². The fourth-order valence-corrected chi connectivity index (χ4v) is 3.79. The Morgan fingerprint density at radius 1 is 0.821 bits per heavy atom. The van der Waals surface area contributed by atoms with E-state index in [1.54, 1.807) is 6.07 Å². The summed E-state index contributed by atoms with van der Waals surface area (Å²) in [5.41, 5.74) is 2.36. The Labute approximate surface area is 167 Å². The molecule has 0 amide bonds. The van der Waals surface area contributed by atoms with Gasteiger partial charge in [0, 0.05) is 32.7 Å². The highest BCUT2D eigenvalue weighted by Crippen LogP contribution is 2.31. The van der Waals surface area contributed by atoms with Crippen molar-refractivity contribution < 1.29 is 13.9 Å². The van der Waals surface area contributed by atoms with Crippen molar-refractivity contribution in [3.05, 3.63) is 59.4 Å². The molecular formula is C23H31FN2O2. The summed E-state index contributed by atoms with van der Waals surface area (Å²) in [6.07, 6.45) is 3.16. The summed E-state index contributed by atoms with van der Waals surface area (Å²) in [5.74, 6) is 0.274. The first-order valence-corrected chi connectivity index (χ1v) is 10.1. The van der Waals surface area contributed by atoms with E-state index in [0.717, 1.165) is 57.7 Å². The van der Waals surface area contributed by atoms with Crippen molar-refractivity contribution in [2.75, 3.05) is 53.5 Å². The first-order chi connectivity index (χ1) is 13.7. The van der Waals surface area contributed by atoms with E-state index >= 15 is 0 Å². The molecule has 1 saturated heterocycles. The second-order valence-electron chi connectivity index (χ2n) is 7.34. The van der Waals surface area contributed by atoms with Crippen LogP contribution in [0.2, 0.25) is 0 Å². The van der Waals surface area contributed by atoms with Gasteiger partial charge in [-0.05, 0) is 49.1 Å². The molecule has 0 unspecified atom stereocenters. The third-order valence-electron chi connectivity index (χ3n) is 5.46. The molecule has 1 heterocycles. The number of hydrogen-bond acceptors (Lipinski definition) is 4. The summed E-state index contributed by atoms with van der Waals surface area (Å²) in [4.78, 5) is 5.01. The van der Waals surface area contributed by atoms with E-state index in [9.17, 15) is 4.39 Å². The SMILES string of the molecule is COc1cc(CCN2CCN(CCCc3ccccc3)CC2)cc(F)c1OC. The lowest BCUT2D eigenvalue weighted by molar-refractivity contribution is 0.132. The Morgan fingerprint density at radius 2 is 1.50 bits per heavy atom. The summed E-state index contributed by atoms with van der Waals surface area (Å²) in [6.45, 7) is 6.45. The third kappa shape index (κ3) is 5.69. The molecule has 1 fully saturated rings. The number of hydrogen-bond donors (Lipinski definition) is 0. The predicted octanol–water partition coefficient (Wildman–Crippen LogP) is 3.64. The van der Waals surface area contributed by atoms with Crippen LogP contribution < -0.4 is 9.47 Å². The van der Waals surface area contributed by atoms with Crippen LogP contribution in [-0.2, 0) is 12.8 Å². The molecule has 1 aliphatic heterocycles. The molecule has 0 radical (unpaired) electrons. The number of rotatable bonds is 9. The van der Waals surface area contributed by atoms with Gasteiger partial charge in [-0.25, -0.2) is 4.39 Å². The van der Waals surface area contributed by atoms with Crippen molar-refractivity contribution in [1.82, 2.24) is 9.80 Å². The molecule has 28 heavy (non-hydrogen) atoms. The summed E-state index contributed by atoms with van der Waals surface area (Å²) in [6, 6.07) is 14.1. The predicted molar refractivity (Wildman–Crippen MR) is 111 cm³/mol. The van der Waals surface area contributed by atoms with Crippen molar-refractivity contribution in [2.24, 2.45) is 0 Å². The molecule has 0 aliphatic carbocycles. The fraction of sp³-hybridized carbons (Fsp3) is 0.478. The number of piperazine rings is 1. The van der Waals surface area contributed by atoms with Gasteiger partial charge in [-0.2, -0.15) is 0 Å². The molecule has 0 aromatic heterocycles. The van der Waals surface area contributed by atoms with Crippen LogP contribution >= 0.6 is 0 Å². The standard InChI is InChI=1S/C23H31FN2O2/c1-27-22-18-20(17-21(24)23(22)28-2)10-12-26-15-13-25(14-16-26)11-6-9-19-7-4-3-5-8-19/h3-5,7-8,17-18H,6,9-16H2,1-2H3. The van der Waals surface area contributed by atoms with E-state index < -0.39 is 0 Å². The summed E-state index contributed by atoms with van der Waals surface area (Å²) >= 11 is 0. The molecule has 0 spiro atoms. The molecule has 4 nitrogen and oxygen atoms in total. The summed E-state index contributed by atoms with van der Waals surface area (Å²) in [5, 5.41) is 0. The Balaban J connectivity index is 1.39. The van der Waals surface area contributed by atoms with E-state index in [-0.39, 0.29) is 11.6 Å². The van der Waals surface area contributed by atoms with Crippen LogP contribution in [0.4, 0.5) is 4.39 Å². The maximum atomic E-state index is 14.1. The third-order valence-corrected chi connectivity index (χ3v) is 5.46. The van der Waals surface area contributed by atoms with Gasteiger partial charge in [0.05, 0.1) is 14.2 Å². The van der Waals surface area contributed by atoms with Crippen LogP contribution in [0.15, 0.2) is 42.5 Å². The van der Waals surface area contributed by atoms with E-state index in [2.05, 4.69) is 40.1 Å². The van der Waals surface area contributed by atoms with Crippen molar-refractivity contribution in [1.29, 1.82) is 0 Å². The van der Waals surface area contributed by atoms with Crippen LogP contribution in [0.1, 0.15) is 17.5 Å². The normalized spacial score (nSPS) is 15.5. The van der Waals surface area contributed by atoms with Gasteiger partial charge in [0.2, 0.25) is 0 Å². The van der Waals surface area contributed by atoms with E-state index in [1.807, 2.05) is 6.07 Å². The molecule has 2 aromatic rings. The zero-order valence-electron chi connectivity index (χ0n) is 17.0. The molecule has 0 N–H and O–H groups in total. The topological polar surface area (TPSA) is 24.9 Å². The van der Waals surface area contributed by atoms with E-state index in [4.69, 9.17) is 9.47 Å². The molecule has 0 saturated carbocycles. The van der Waals surface area contributed by atoms with Gasteiger partial charge in [0.1, 0.15) is 0 Å². The number of nitrogens with zero attached hydrogens (tertiary/aromatic N) is 2. The highest BCUT2D eigenvalue weighted by molar-refractivity contribution is 5.44. The van der Waals surface area contributed by atoms with Crippen LogP contribution in [0.5, 0.6) is 11.5 Å². The molecule has 1 aliphatic rings. The average molecular weight is 387 g/mol. The van der Waals surface area contributed by atoms with Crippen molar-refractivity contribution in [3.63, 3.8) is 0 Å². The average Bonchev–Trinajstić information content (AvgIpc) is 2.73. The lowest BCUT2D eigenvalue weighted by atomic mass is 10.1. The van der Waals surface area contributed by atoms with Crippen molar-refractivity contribution in [3.8, 4) is 11.5 Å². The number of aryl methyl sites for hydroxylation is 1. The van der Waals surface area contributed by atoms with Gasteiger partial charge < -0.3 is 19.3 Å². The first-order valence-electron chi connectivity index (χ1n) is 10.1. The minimum atomic E-state index is -0.361.